The Hall–Kier alpha value is -2.89. The van der Waals surface area contributed by atoms with Crippen molar-refractivity contribution in [3.8, 4) is 11.5 Å². The summed E-state index contributed by atoms with van der Waals surface area (Å²) in [5.74, 6) is 0.255. The Kier molecular flexibility index (Phi) is 7.44. The Bertz CT molecular complexity index is 1040. The second-order valence-corrected chi connectivity index (χ2v) is 7.33. The Labute approximate surface area is 185 Å². The van der Waals surface area contributed by atoms with Gasteiger partial charge < -0.3 is 19.9 Å². The number of ether oxygens (including phenoxy) is 2. The van der Waals surface area contributed by atoms with E-state index in [0.29, 0.717) is 47.0 Å². The molecule has 5 nitrogen and oxygen atoms in total. The van der Waals surface area contributed by atoms with Crippen molar-refractivity contribution in [2.75, 3.05) is 11.9 Å². The average Bonchev–Trinajstić information content (AvgIpc) is 2.72. The van der Waals surface area contributed by atoms with E-state index in [1.807, 2.05) is 49.4 Å². The Morgan fingerprint density at radius 3 is 2.53 bits per heavy atom. The van der Waals surface area contributed by atoms with E-state index in [1.165, 1.54) is 12.1 Å². The molecule has 3 rings (SSSR count). The molecule has 2 N–H and O–H groups in total. The Morgan fingerprint density at radius 1 is 0.967 bits per heavy atom. The molecule has 0 aliphatic carbocycles. The highest BCUT2D eigenvalue weighted by atomic mass is 35.5. The van der Waals surface area contributed by atoms with Gasteiger partial charge in [-0.05, 0) is 60.5 Å². The number of rotatable bonds is 9. The third-order valence-corrected chi connectivity index (χ3v) is 4.85. The minimum Gasteiger partial charge on any atom is -0.490 e. The first-order valence-corrected chi connectivity index (χ1v) is 10.1. The molecule has 0 fully saturated rings. The van der Waals surface area contributed by atoms with Crippen molar-refractivity contribution in [2.45, 2.75) is 20.1 Å². The van der Waals surface area contributed by atoms with E-state index in [0.717, 1.165) is 11.1 Å². The van der Waals surface area contributed by atoms with E-state index in [9.17, 15) is 4.79 Å². The summed E-state index contributed by atoms with van der Waals surface area (Å²) in [6.45, 7) is 3.22. The quantitative estimate of drug-likeness (QED) is 0.405. The predicted molar refractivity (Wildman–Crippen MR) is 119 cm³/mol. The summed E-state index contributed by atoms with van der Waals surface area (Å²) in [5.41, 5.74) is 2.62. The smallest absolute Gasteiger partial charge is 0.335 e. The van der Waals surface area contributed by atoms with Crippen LogP contribution in [0.2, 0.25) is 10.0 Å². The maximum absolute atomic E-state index is 11.2. The minimum absolute atomic E-state index is 0.168. The molecule has 30 heavy (non-hydrogen) atoms. The third kappa shape index (κ3) is 5.81. The molecule has 156 valence electrons. The molecule has 0 bridgehead atoms. The molecule has 0 aromatic heterocycles. The van der Waals surface area contributed by atoms with Crippen LogP contribution in [0.5, 0.6) is 11.5 Å². The minimum atomic E-state index is -1.01. The van der Waals surface area contributed by atoms with Gasteiger partial charge in [0.25, 0.3) is 0 Å². The lowest BCUT2D eigenvalue weighted by molar-refractivity contribution is 0.0697. The number of aromatic carboxylic acids is 1. The number of anilines is 1. The van der Waals surface area contributed by atoms with Gasteiger partial charge in [-0.25, -0.2) is 4.79 Å². The molecular formula is C23H21Cl2NO4. The maximum Gasteiger partial charge on any atom is 0.335 e. The van der Waals surface area contributed by atoms with Crippen molar-refractivity contribution in [3.63, 3.8) is 0 Å². The predicted octanol–water partition coefficient (Wildman–Crippen LogP) is 6.28. The number of carbonyl (C=O) groups is 1. The highest BCUT2D eigenvalue weighted by Crippen LogP contribution is 2.30. The van der Waals surface area contributed by atoms with Crippen LogP contribution < -0.4 is 14.8 Å². The van der Waals surface area contributed by atoms with Crippen molar-refractivity contribution in [1.29, 1.82) is 0 Å². The largest absolute Gasteiger partial charge is 0.490 e. The second-order valence-electron chi connectivity index (χ2n) is 6.49. The van der Waals surface area contributed by atoms with E-state index >= 15 is 0 Å². The van der Waals surface area contributed by atoms with E-state index in [2.05, 4.69) is 5.32 Å². The monoisotopic (exact) mass is 445 g/mol. The molecule has 0 saturated carbocycles. The van der Waals surface area contributed by atoms with E-state index in [4.69, 9.17) is 37.8 Å². The number of nitrogens with one attached hydrogen (secondary N) is 1. The number of carboxylic acid groups (broad SMARTS) is 1. The molecule has 0 heterocycles. The summed E-state index contributed by atoms with van der Waals surface area (Å²) in [6.07, 6.45) is 0. The molecule has 0 spiro atoms. The van der Waals surface area contributed by atoms with Gasteiger partial charge in [-0.3, -0.25) is 0 Å². The SMILES string of the molecule is CCOc1cc(CNc2cc(C(=O)O)ccc2Cl)ccc1OCc1cccc(Cl)c1. The fraction of sp³-hybridized carbons (Fsp3) is 0.174. The molecule has 0 atom stereocenters. The van der Waals surface area contributed by atoms with Gasteiger partial charge in [0.05, 0.1) is 22.9 Å². The van der Waals surface area contributed by atoms with Gasteiger partial charge in [0.15, 0.2) is 11.5 Å². The lowest BCUT2D eigenvalue weighted by atomic mass is 10.1. The zero-order valence-electron chi connectivity index (χ0n) is 16.3. The molecule has 0 radical (unpaired) electrons. The highest BCUT2D eigenvalue weighted by molar-refractivity contribution is 6.33. The van der Waals surface area contributed by atoms with Crippen LogP contribution in [-0.2, 0) is 13.2 Å². The fourth-order valence-electron chi connectivity index (χ4n) is 2.83. The van der Waals surface area contributed by atoms with Crippen molar-refractivity contribution in [1.82, 2.24) is 0 Å². The normalized spacial score (nSPS) is 10.5. The lowest BCUT2D eigenvalue weighted by Gasteiger charge is -2.15. The number of hydrogen-bond acceptors (Lipinski definition) is 4. The highest BCUT2D eigenvalue weighted by Gasteiger charge is 2.10. The van der Waals surface area contributed by atoms with Gasteiger partial charge in [-0.2, -0.15) is 0 Å². The summed E-state index contributed by atoms with van der Waals surface area (Å²) in [6, 6.07) is 17.7. The van der Waals surface area contributed by atoms with Crippen molar-refractivity contribution < 1.29 is 19.4 Å². The maximum atomic E-state index is 11.2. The van der Waals surface area contributed by atoms with Gasteiger partial charge >= 0.3 is 5.97 Å². The second kappa shape index (κ2) is 10.2. The van der Waals surface area contributed by atoms with Crippen LogP contribution >= 0.6 is 23.2 Å². The Morgan fingerprint density at radius 2 is 1.80 bits per heavy atom. The molecular weight excluding hydrogens is 425 g/mol. The molecule has 0 aliphatic heterocycles. The number of benzene rings is 3. The summed E-state index contributed by atoms with van der Waals surface area (Å²) < 4.78 is 11.7. The first kappa shape index (κ1) is 21.8. The number of halogens is 2. The van der Waals surface area contributed by atoms with Crippen LogP contribution in [0, 0.1) is 0 Å². The zero-order valence-corrected chi connectivity index (χ0v) is 17.8. The van der Waals surface area contributed by atoms with Gasteiger partial charge in [0.1, 0.15) is 6.61 Å². The van der Waals surface area contributed by atoms with Crippen molar-refractivity contribution >= 4 is 34.9 Å². The molecule has 0 aliphatic rings. The van der Waals surface area contributed by atoms with Gasteiger partial charge in [-0.15, -0.1) is 0 Å². The van der Waals surface area contributed by atoms with Crippen LogP contribution in [0.4, 0.5) is 5.69 Å². The first-order valence-electron chi connectivity index (χ1n) is 9.36. The van der Waals surface area contributed by atoms with Crippen LogP contribution in [-0.4, -0.2) is 17.7 Å². The molecule has 7 heteroatoms. The summed E-state index contributed by atoms with van der Waals surface area (Å²) >= 11 is 12.2. The van der Waals surface area contributed by atoms with Gasteiger partial charge in [0, 0.05) is 11.6 Å². The summed E-state index contributed by atoms with van der Waals surface area (Å²) in [5, 5.41) is 13.4. The fourth-order valence-corrected chi connectivity index (χ4v) is 3.23. The Balaban J connectivity index is 1.71. The van der Waals surface area contributed by atoms with E-state index < -0.39 is 5.97 Å². The zero-order chi connectivity index (χ0) is 21.5. The first-order chi connectivity index (χ1) is 14.5. The van der Waals surface area contributed by atoms with E-state index in [1.54, 1.807) is 6.07 Å². The molecule has 3 aromatic carbocycles. The standard InChI is InChI=1S/C23H21Cl2NO4/c1-2-29-22-11-15(13-26-20-12-17(23(27)28)7-8-19(20)25)6-9-21(22)30-14-16-4-3-5-18(24)10-16/h3-12,26H,2,13-14H2,1H3,(H,27,28). The topological polar surface area (TPSA) is 67.8 Å². The molecule has 0 saturated heterocycles. The summed E-state index contributed by atoms with van der Waals surface area (Å²) in [4.78, 5) is 11.2. The molecule has 3 aromatic rings. The van der Waals surface area contributed by atoms with Crippen molar-refractivity contribution in [3.05, 3.63) is 87.4 Å². The molecule has 0 unspecified atom stereocenters. The third-order valence-electron chi connectivity index (χ3n) is 4.29. The van der Waals surface area contributed by atoms with Gasteiger partial charge in [0.2, 0.25) is 0 Å². The molecule has 0 amide bonds. The van der Waals surface area contributed by atoms with Crippen molar-refractivity contribution in [2.24, 2.45) is 0 Å². The summed E-state index contributed by atoms with van der Waals surface area (Å²) in [7, 11) is 0. The number of carboxylic acids is 1. The average molecular weight is 446 g/mol. The lowest BCUT2D eigenvalue weighted by Crippen LogP contribution is -2.04. The number of hydrogen-bond donors (Lipinski definition) is 2. The van der Waals surface area contributed by atoms with Crippen LogP contribution in [0.15, 0.2) is 60.7 Å². The van der Waals surface area contributed by atoms with Crippen LogP contribution in [0.1, 0.15) is 28.4 Å². The van der Waals surface area contributed by atoms with E-state index in [-0.39, 0.29) is 5.56 Å². The van der Waals surface area contributed by atoms with Gasteiger partial charge in [-0.1, -0.05) is 41.4 Å². The van der Waals surface area contributed by atoms with Crippen LogP contribution in [0.25, 0.3) is 0 Å². The van der Waals surface area contributed by atoms with Crippen LogP contribution in [0.3, 0.4) is 0 Å².